The second-order valence-corrected chi connectivity index (χ2v) is 22.6. The zero-order chi connectivity index (χ0) is 75.9. The monoisotopic (exact) mass is 1410 g/mol. The molecule has 102 heavy (non-hydrogen) atoms. The number of nitrogens with one attached hydrogen (secondary N) is 3. The third-order valence-corrected chi connectivity index (χ3v) is 14.2. The smallest absolute Gasteiger partial charge is 0.328 e. The second-order valence-electron chi connectivity index (χ2n) is 22.6. The Kier molecular flexibility index (Phi) is 32.7. The molecule has 0 saturated carbocycles. The predicted molar refractivity (Wildman–Crippen MR) is 369 cm³/mol. The van der Waals surface area contributed by atoms with Crippen LogP contribution >= 0.6 is 0 Å². The summed E-state index contributed by atoms with van der Waals surface area (Å²) in [6, 6.07) is 18.4. The van der Waals surface area contributed by atoms with Crippen molar-refractivity contribution >= 4 is 64.6 Å². The van der Waals surface area contributed by atoms with Gasteiger partial charge in [-0.25, -0.2) is 24.2 Å². The minimum absolute atomic E-state index is 0.0830. The van der Waals surface area contributed by atoms with Crippen LogP contribution < -0.4 is 62.6 Å². The predicted octanol–water partition coefficient (Wildman–Crippen LogP) is -1.19. The van der Waals surface area contributed by atoms with Crippen molar-refractivity contribution in [2.45, 2.75) is 121 Å². The number of aliphatic imine (C=N–C) groups is 2. The molecule has 0 saturated heterocycles. The van der Waals surface area contributed by atoms with Crippen molar-refractivity contribution in [2.75, 3.05) is 0 Å². The molecule has 0 amide bonds. The van der Waals surface area contributed by atoms with Gasteiger partial charge in [0.25, 0.3) is 11.1 Å². The van der Waals surface area contributed by atoms with Crippen LogP contribution in [0.4, 0.5) is 11.4 Å². The van der Waals surface area contributed by atoms with Crippen LogP contribution in [0.5, 0.6) is 0 Å². The van der Waals surface area contributed by atoms with E-state index in [-0.39, 0.29) is 43.5 Å². The van der Waals surface area contributed by atoms with Crippen LogP contribution in [0.1, 0.15) is 63.3 Å². The molecule has 0 aliphatic carbocycles. The molecule has 0 bridgehead atoms. The third kappa shape index (κ3) is 28.3. The first kappa shape index (κ1) is 82.2. The number of aliphatic carboxylic acids is 7. The van der Waals surface area contributed by atoms with Gasteiger partial charge in [-0.15, -0.1) is 0 Å². The molecule has 2 aliphatic heterocycles. The lowest BCUT2D eigenvalue weighted by molar-refractivity contribution is -0.139. The Hall–Kier alpha value is -12.3. The summed E-state index contributed by atoms with van der Waals surface area (Å²) < 4.78 is 2.76. The van der Waals surface area contributed by atoms with Crippen LogP contribution in [0.15, 0.2) is 158 Å². The van der Waals surface area contributed by atoms with Gasteiger partial charge >= 0.3 is 53.2 Å². The number of hydrogen-bond donors (Lipinski definition) is 17. The van der Waals surface area contributed by atoms with Crippen molar-refractivity contribution in [1.82, 2.24) is 49.2 Å². The molecule has 0 spiro atoms. The van der Waals surface area contributed by atoms with Crippen LogP contribution in [0.25, 0.3) is 5.69 Å². The zero-order valence-corrected chi connectivity index (χ0v) is 55.2. The zero-order valence-electron chi connectivity index (χ0n) is 55.2. The number of carboxylic acid groups (broad SMARTS) is 7. The molecule has 542 valence electrons. The number of aryl methyl sites for hydroxylation is 2. The highest BCUT2D eigenvalue weighted by atomic mass is 16.4. The van der Waals surface area contributed by atoms with E-state index in [1.807, 2.05) is 84.7 Å². The van der Waals surface area contributed by atoms with Gasteiger partial charge in [0, 0.05) is 122 Å². The number of para-hydroxylation sites is 2. The summed E-state index contributed by atoms with van der Waals surface area (Å²) >= 11 is 0. The molecule has 37 nitrogen and oxygen atoms in total. The fraction of sp³-hybridized carbons (Fsp3) is 0.292. The summed E-state index contributed by atoms with van der Waals surface area (Å²) in [5.74, 6) is -7.39. The Balaban J connectivity index is 0.000000253. The highest BCUT2D eigenvalue weighted by Crippen LogP contribution is 2.29. The Bertz CT molecular complexity index is 4410. The first-order valence-corrected chi connectivity index (χ1v) is 30.5. The second kappa shape index (κ2) is 40.6. The average Bonchev–Trinajstić information content (AvgIpc) is 1.75. The highest BCUT2D eigenvalue weighted by molar-refractivity contribution is 5.97. The molecular weight excluding hydrogens is 1330 g/mol. The van der Waals surface area contributed by atoms with Gasteiger partial charge in [-0.3, -0.25) is 77.6 Å². The lowest BCUT2D eigenvalue weighted by Crippen LogP contribution is -2.40. The normalized spacial score (nSPS) is 13.4. The van der Waals surface area contributed by atoms with E-state index in [4.69, 9.17) is 75.9 Å². The Labute approximate surface area is 578 Å². The molecule has 2 aliphatic rings. The molecule has 0 radical (unpaired) electrons. The van der Waals surface area contributed by atoms with E-state index < -0.39 is 107 Å². The van der Waals surface area contributed by atoms with Crippen LogP contribution in [-0.4, -0.2) is 180 Å². The lowest BCUT2D eigenvalue weighted by atomic mass is 10.0. The van der Waals surface area contributed by atoms with E-state index in [2.05, 4.69) is 45.0 Å². The highest BCUT2D eigenvalue weighted by Gasteiger charge is 2.23. The van der Waals surface area contributed by atoms with Gasteiger partial charge in [-0.05, 0) is 73.4 Å². The van der Waals surface area contributed by atoms with Crippen LogP contribution in [0, 0.1) is 20.8 Å². The number of rotatable bonds is 22. The number of carbonyl (C=O) groups is 7. The summed E-state index contributed by atoms with van der Waals surface area (Å²) in [6.07, 6.45) is 14.9. The first-order chi connectivity index (χ1) is 48.1. The number of fused-ring (bicyclic) bond motifs is 2. The molecule has 3 aromatic carbocycles. The van der Waals surface area contributed by atoms with E-state index >= 15 is 0 Å². The molecule has 7 unspecified atom stereocenters. The van der Waals surface area contributed by atoms with Gasteiger partial charge in [0.2, 0.25) is 0 Å². The van der Waals surface area contributed by atoms with Gasteiger partial charge in [0.15, 0.2) is 0 Å². The molecule has 7 atom stereocenters. The molecule has 10 rings (SSSR count). The summed E-state index contributed by atoms with van der Waals surface area (Å²) in [6.45, 7) is 4.84. The molecule has 5 aromatic heterocycles. The topological polar surface area (TPSA) is 658 Å². The van der Waals surface area contributed by atoms with Crippen LogP contribution in [0.3, 0.4) is 0 Å². The number of nitrogens with zero attached hydrogens (tertiary/aromatic N) is 9. The number of aromatic amines is 3. The molecule has 37 heteroatoms. The molecule has 7 heterocycles. The molecular formula is C65H79N19O18. The van der Waals surface area contributed by atoms with Crippen molar-refractivity contribution in [3.05, 3.63) is 221 Å². The van der Waals surface area contributed by atoms with E-state index in [0.29, 0.717) is 29.8 Å². The third-order valence-electron chi connectivity index (χ3n) is 14.2. The Morgan fingerprint density at radius 1 is 0.490 bits per heavy atom. The summed E-state index contributed by atoms with van der Waals surface area (Å²) in [4.78, 5) is 148. The standard InChI is InChI=1S/C12H13N3O2.C12H14N2O2.C11H12N2O2.2C8H11N3O4.2C7H9N3O2/c13-11(12(16)17)6-9-7-14-15(8-9)10-4-2-1-3-5-10;1-7-2-3-8-5-9(14-11(8)4-7)6-10(13)12(15)16;12-9(11(14)15)6-8-5-7-3-1-2-4-10(7)13-8;1-4-2-11(3-5(9)7(13)14)8(15)10-6(4)12;1-3-5(2-4(9)7(13)14)10-8(15)11-6(3)12;8-6(7(11)12)3-5-4-9-1-2-10-5;8-6(7(11)12)3-5-1-2-9-4-10-5/h1-5,7-8,11H,6,13H2,(H,16,17);2-4,10H,5-6,13H2,1H3,(H,15,16);1-4,9H,5-6,12H2,(H,14,15);2,5H,3,9H2,1H3,(H,13,14)(H,10,12,15);4H,2,9H2,1H3,(H,13,14)(H2,10,11,12,15);2*1-2,4,6H,3,8H2,(H,11,12). The minimum atomic E-state index is -1.20. The molecule has 24 N–H and O–H groups in total. The van der Waals surface area contributed by atoms with E-state index in [9.17, 15) is 52.7 Å². The van der Waals surface area contributed by atoms with Gasteiger partial charge in [-0.2, -0.15) is 5.10 Å². The Morgan fingerprint density at radius 3 is 1.55 bits per heavy atom. The van der Waals surface area contributed by atoms with Crippen molar-refractivity contribution in [2.24, 2.45) is 50.1 Å². The number of aromatic nitrogens is 10. The minimum Gasteiger partial charge on any atom is -0.480 e. The summed E-state index contributed by atoms with van der Waals surface area (Å²) in [5, 5.41) is 64.3. The number of H-pyrrole nitrogens is 3. The molecule has 0 fully saturated rings. The lowest BCUT2D eigenvalue weighted by Gasteiger charge is -2.08. The SMILES string of the molecule is Cc1c(CC(N)C(=O)O)[nH]c(=O)[nH]c1=O.Cc1ccc2c(c1)N=C(CC(N)C(=O)O)C2.Cc1cn(CC(N)C(=O)O)c(=O)[nH]c1=O.NC(CC1=Nc2ccccc2C1)C(=O)O.NC(Cc1ccncn1)C(=O)O.NC(Cc1cnccn1)C(=O)O.NC(Cc1cnn(-c2ccccc2)c1)C(=O)O. The number of carboxylic acids is 7. The Morgan fingerprint density at radius 2 is 1.01 bits per heavy atom. The number of nitrogens with two attached hydrogens (primary N) is 7. The number of benzene rings is 3. The van der Waals surface area contributed by atoms with Crippen molar-refractivity contribution < 1.29 is 69.3 Å². The maximum Gasteiger partial charge on any atom is 0.328 e. The summed E-state index contributed by atoms with van der Waals surface area (Å²) in [5.41, 5.74) is 46.0. The number of hydrogen-bond acceptors (Lipinski definition) is 25. The van der Waals surface area contributed by atoms with Gasteiger partial charge < -0.3 is 80.9 Å². The maximum atomic E-state index is 11.2. The van der Waals surface area contributed by atoms with Crippen molar-refractivity contribution in [3.63, 3.8) is 0 Å². The largest absolute Gasteiger partial charge is 0.480 e. The van der Waals surface area contributed by atoms with E-state index in [1.54, 1.807) is 29.3 Å². The molecule has 8 aromatic rings. The van der Waals surface area contributed by atoms with Crippen molar-refractivity contribution in [3.8, 4) is 5.69 Å². The summed E-state index contributed by atoms with van der Waals surface area (Å²) in [7, 11) is 0. The first-order valence-electron chi connectivity index (χ1n) is 30.5. The van der Waals surface area contributed by atoms with Gasteiger partial charge in [-0.1, -0.05) is 48.5 Å². The van der Waals surface area contributed by atoms with Crippen molar-refractivity contribution in [1.29, 1.82) is 0 Å². The van der Waals surface area contributed by atoms with Crippen LogP contribution in [-0.2, 0) is 78.6 Å². The maximum absolute atomic E-state index is 11.2. The van der Waals surface area contributed by atoms with E-state index in [1.165, 1.54) is 45.0 Å². The van der Waals surface area contributed by atoms with Gasteiger partial charge in [0.1, 0.15) is 48.6 Å². The fourth-order valence-corrected chi connectivity index (χ4v) is 8.65. The van der Waals surface area contributed by atoms with Gasteiger partial charge in [0.05, 0.1) is 35.5 Å². The van der Waals surface area contributed by atoms with Crippen LogP contribution in [0.2, 0.25) is 0 Å². The average molecular weight is 1410 g/mol. The van der Waals surface area contributed by atoms with E-state index in [0.717, 1.165) is 68.1 Å². The quantitative estimate of drug-likeness (QED) is 0.0379. The fourth-order valence-electron chi connectivity index (χ4n) is 8.65.